The number of amides is 4. The number of nitrogens with one attached hydrogen (secondary N) is 4. The summed E-state index contributed by atoms with van der Waals surface area (Å²) in [6.07, 6.45) is 21.0. The molecule has 22 nitrogen and oxygen atoms in total. The highest BCUT2D eigenvalue weighted by molar-refractivity contribution is 7.92. The van der Waals surface area contributed by atoms with Gasteiger partial charge in [0.15, 0.2) is 11.6 Å². The van der Waals surface area contributed by atoms with Crippen LogP contribution in [0.5, 0.6) is 12.0 Å². The Hall–Kier alpha value is -6.50. The van der Waals surface area contributed by atoms with Crippen LogP contribution in [0.25, 0.3) is 22.1 Å². The summed E-state index contributed by atoms with van der Waals surface area (Å²) in [6, 6.07) is 13.4. The van der Waals surface area contributed by atoms with Gasteiger partial charge in [0.1, 0.15) is 12.2 Å². The molecule has 13 rings (SSSR count). The van der Waals surface area contributed by atoms with Crippen molar-refractivity contribution in [2.45, 2.75) is 202 Å². The number of sulfonamides is 2. The van der Waals surface area contributed by atoms with E-state index >= 15 is 0 Å². The van der Waals surface area contributed by atoms with Gasteiger partial charge in [0.25, 0.3) is 12.0 Å². The van der Waals surface area contributed by atoms with Crippen molar-refractivity contribution in [2.75, 3.05) is 26.3 Å². The predicted molar refractivity (Wildman–Crippen MR) is 333 cm³/mol. The first-order valence-electron chi connectivity index (χ1n) is 32.2. The van der Waals surface area contributed by atoms with Gasteiger partial charge in [-0.1, -0.05) is 81.2 Å². The molecule has 0 unspecified atom stereocenters. The number of carbonyl (C=O) groups excluding carboxylic acids is 6. The number of allylic oxidation sites excluding steroid dienone is 4. The number of ether oxygens (including phenoxy) is 3. The van der Waals surface area contributed by atoms with Crippen molar-refractivity contribution in [3.63, 3.8) is 0 Å². The minimum atomic E-state index is -3.86. The van der Waals surface area contributed by atoms with E-state index in [-0.39, 0.29) is 79.9 Å². The van der Waals surface area contributed by atoms with Crippen LogP contribution in [0.2, 0.25) is 0 Å². The molecule has 0 radical (unpaired) electrons. The molecule has 7 fully saturated rings. The zero-order valence-electron chi connectivity index (χ0n) is 51.4. The Morgan fingerprint density at radius 3 is 1.48 bits per heavy atom. The third-order valence-electron chi connectivity index (χ3n) is 20.1. The molecule has 6 N–H and O–H groups in total. The molecule has 2 aromatic heterocycles. The Labute approximate surface area is 521 Å². The van der Waals surface area contributed by atoms with Crippen molar-refractivity contribution in [3.8, 4) is 12.0 Å². The van der Waals surface area contributed by atoms with E-state index < -0.39 is 82.5 Å². The molecule has 9 aliphatic rings. The average molecular weight is 1270 g/mol. The SMILES string of the molecule is C1CCOC1.CC1(S(=O)(=O)NC(=O)[C@]23CC(=O)[C@@H]4C[C@@H](Oc5nc6ccccc6[nH]5)CN4C(=O)[C@@H](N)CCCCC/C=C\[C@@H]2C3)CC1.C[C@H]1CCCCC/C=C\[C@@H]2C[C@@]2(C(=O)NS(=O)(=O)C2(C)CC2)CC(=O)[C@@H]2C[C@@H](Oc3nc4ccccc4[nH]3)CN2C1=O. The summed E-state index contributed by atoms with van der Waals surface area (Å²) >= 11 is 0. The number of ketones is 2. The van der Waals surface area contributed by atoms with Crippen LogP contribution in [-0.4, -0.2) is 148 Å². The number of benzene rings is 2. The highest BCUT2D eigenvalue weighted by Crippen LogP contribution is 2.59. The van der Waals surface area contributed by atoms with Crippen LogP contribution in [0.3, 0.4) is 0 Å². The number of H-pyrrole nitrogens is 2. The van der Waals surface area contributed by atoms with Gasteiger partial charge in [-0.15, -0.1) is 0 Å². The van der Waals surface area contributed by atoms with Gasteiger partial charge >= 0.3 is 0 Å². The summed E-state index contributed by atoms with van der Waals surface area (Å²) in [6.45, 7) is 7.57. The normalized spacial score (nSPS) is 31.8. The number of nitrogens with two attached hydrogens (primary N) is 1. The molecule has 5 aliphatic heterocycles. The zero-order valence-corrected chi connectivity index (χ0v) is 53.1. The second-order valence-electron chi connectivity index (χ2n) is 27.0. The maximum Gasteiger partial charge on any atom is 0.294 e. The van der Waals surface area contributed by atoms with E-state index in [9.17, 15) is 45.6 Å². The number of hydrogen-bond donors (Lipinski definition) is 5. The molecule has 7 heterocycles. The third-order valence-corrected chi connectivity index (χ3v) is 24.5. The highest BCUT2D eigenvalue weighted by atomic mass is 32.2. The molecule has 4 amide bonds. The third kappa shape index (κ3) is 14.2. The van der Waals surface area contributed by atoms with Crippen molar-refractivity contribution < 1.29 is 59.8 Å². The summed E-state index contributed by atoms with van der Waals surface area (Å²) in [7, 11) is -7.71. The number of aromatic amines is 2. The number of nitrogens with zero attached hydrogens (tertiary/aromatic N) is 4. The molecule has 89 heavy (non-hydrogen) atoms. The van der Waals surface area contributed by atoms with Crippen LogP contribution in [0.4, 0.5) is 0 Å². The first-order valence-corrected chi connectivity index (χ1v) is 35.2. The molecule has 4 aromatic rings. The van der Waals surface area contributed by atoms with E-state index in [2.05, 4.69) is 29.4 Å². The first kappa shape index (κ1) is 64.0. The van der Waals surface area contributed by atoms with Crippen LogP contribution < -0.4 is 24.7 Å². The summed E-state index contributed by atoms with van der Waals surface area (Å²) in [5, 5.41) is 0. The maximum absolute atomic E-state index is 14.0. The minimum absolute atomic E-state index is 0.0906. The lowest BCUT2D eigenvalue weighted by Crippen LogP contribution is -2.50. The molecule has 482 valence electrons. The number of imidazole rings is 2. The van der Waals surface area contributed by atoms with Gasteiger partial charge in [0.05, 0.1) is 73.6 Å². The fraction of sp³-hybridized carbons (Fsp3) is 0.631. The van der Waals surface area contributed by atoms with Gasteiger partial charge in [0.2, 0.25) is 43.7 Å². The predicted octanol–water partition coefficient (Wildman–Crippen LogP) is 7.55. The topological polar surface area (TPSA) is 312 Å². The van der Waals surface area contributed by atoms with Gasteiger partial charge < -0.3 is 39.7 Å². The number of para-hydroxylation sites is 4. The molecule has 10 atom stereocenters. The number of aromatic nitrogens is 4. The number of Topliss-reactive ketones (excluding diaryl/α,β-unsaturated/α-hetero) is 2. The molecule has 3 saturated heterocycles. The second kappa shape index (κ2) is 26.0. The Balaban J connectivity index is 0.000000170. The van der Waals surface area contributed by atoms with E-state index in [1.165, 1.54) is 17.7 Å². The minimum Gasteiger partial charge on any atom is -0.459 e. The molecule has 24 heteroatoms. The standard InChI is InChI=1S/C31H40N4O6S.C30H39N5O6S.C4H8O/c1-20-10-6-4-3-5-7-11-21-17-31(21,28(38)34-42(39,40)30(2)14-15-30)18-26(36)25-16-22(19-35(25)27(20)37)41-29-32-23-12-8-9-13-24(23)33-29;1-29(13-14-29)42(39,40)34-27(38)30-16-19(30)9-5-3-2-4-6-10-21(31)26(37)35-18-20(15-24(35)25(36)17-30)41-28-32-22-11-7-8-12-23(22)33-28;1-2-4-5-3-1/h7-9,11-13,20-22,25H,3-6,10,14-19H2,1-2H3,(H,32,33)(H,34,38);5,7-9,11-12,19-21,24H,2-4,6,10,13-18,31H2,1H3,(H,32,33)(H,34,38);1-4H2/b11-7-;9-5-;/t20-,21+,22+,25-,31+;19-,20-,21+,24+,30-;/m01./s1. The number of fused-ring (bicyclic) bond motifs is 6. The molecule has 0 bridgehead atoms. The van der Waals surface area contributed by atoms with E-state index in [1.807, 2.05) is 79.8 Å². The average Bonchev–Trinajstić information content (AvgIpc) is 1.58. The first-order chi connectivity index (χ1) is 42.5. The van der Waals surface area contributed by atoms with Gasteiger partial charge in [-0.3, -0.25) is 38.2 Å². The molecular formula is C65H87N9O13S2. The van der Waals surface area contributed by atoms with Gasteiger partial charge in [0, 0.05) is 44.8 Å². The largest absolute Gasteiger partial charge is 0.459 e. The van der Waals surface area contributed by atoms with E-state index in [0.29, 0.717) is 57.0 Å². The fourth-order valence-electron chi connectivity index (χ4n) is 13.3. The smallest absolute Gasteiger partial charge is 0.294 e. The van der Waals surface area contributed by atoms with Gasteiger partial charge in [-0.05, 0) is 140 Å². The van der Waals surface area contributed by atoms with Crippen molar-refractivity contribution in [3.05, 3.63) is 72.8 Å². The fourth-order valence-corrected chi connectivity index (χ4v) is 16.0. The Morgan fingerprint density at radius 1 is 0.618 bits per heavy atom. The molecule has 2 aromatic carbocycles. The summed E-state index contributed by atoms with van der Waals surface area (Å²) in [5.41, 5.74) is 7.17. The van der Waals surface area contributed by atoms with Gasteiger partial charge in [-0.2, -0.15) is 9.97 Å². The summed E-state index contributed by atoms with van der Waals surface area (Å²) in [4.78, 5) is 101. The van der Waals surface area contributed by atoms with Crippen LogP contribution in [0.15, 0.2) is 72.8 Å². The van der Waals surface area contributed by atoms with E-state index in [0.717, 1.165) is 93.1 Å². The summed E-state index contributed by atoms with van der Waals surface area (Å²) in [5.74, 6) is -2.89. The lowest BCUT2D eigenvalue weighted by Gasteiger charge is -2.28. The monoisotopic (exact) mass is 1270 g/mol. The van der Waals surface area contributed by atoms with E-state index in [4.69, 9.17) is 19.9 Å². The molecular weight excluding hydrogens is 1180 g/mol. The van der Waals surface area contributed by atoms with Gasteiger partial charge in [-0.25, -0.2) is 16.8 Å². The Kier molecular flexibility index (Phi) is 18.7. The van der Waals surface area contributed by atoms with Crippen molar-refractivity contribution >= 4 is 77.3 Å². The number of hydrogen-bond acceptors (Lipinski definition) is 16. The number of carbonyl (C=O) groups is 6. The summed E-state index contributed by atoms with van der Waals surface area (Å²) < 4.78 is 71.7. The number of rotatable bonds is 10. The lowest BCUT2D eigenvalue weighted by molar-refractivity contribution is -0.141. The van der Waals surface area contributed by atoms with Crippen molar-refractivity contribution in [1.82, 2.24) is 39.2 Å². The van der Waals surface area contributed by atoms with Crippen LogP contribution in [-0.2, 0) is 53.6 Å². The Morgan fingerprint density at radius 2 is 1.06 bits per heavy atom. The van der Waals surface area contributed by atoms with Crippen LogP contribution >= 0.6 is 0 Å². The lowest BCUT2D eigenvalue weighted by atomic mass is 9.91. The maximum atomic E-state index is 14.0. The van der Waals surface area contributed by atoms with Crippen LogP contribution in [0, 0.1) is 28.6 Å². The zero-order chi connectivity index (χ0) is 62.9. The highest BCUT2D eigenvalue weighted by Gasteiger charge is 2.64. The quantitative estimate of drug-likeness (QED) is 0.0957. The molecule has 4 aliphatic carbocycles. The van der Waals surface area contributed by atoms with Crippen molar-refractivity contribution in [2.24, 2.45) is 34.3 Å². The van der Waals surface area contributed by atoms with Crippen molar-refractivity contribution in [1.29, 1.82) is 0 Å². The van der Waals surface area contributed by atoms with E-state index in [1.54, 1.807) is 18.7 Å². The molecule has 0 spiro atoms. The van der Waals surface area contributed by atoms with Crippen LogP contribution in [0.1, 0.15) is 162 Å². The Bertz CT molecular complexity index is 3310. The molecule has 4 saturated carbocycles. The second-order valence-corrected chi connectivity index (χ2v) is 31.4.